The lowest BCUT2D eigenvalue weighted by atomic mass is 10.2. The molecule has 1 rings (SSSR count). The van der Waals surface area contributed by atoms with Gasteiger partial charge in [-0.3, -0.25) is 0 Å². The van der Waals surface area contributed by atoms with Gasteiger partial charge in [-0.15, -0.1) is 5.92 Å². The first-order valence-corrected chi connectivity index (χ1v) is 4.14. The zero-order valence-corrected chi connectivity index (χ0v) is 7.35. The quantitative estimate of drug-likeness (QED) is 0.573. The van der Waals surface area contributed by atoms with Crippen molar-refractivity contribution >= 4 is 0 Å². The summed E-state index contributed by atoms with van der Waals surface area (Å²) in [6.45, 7) is 5.11. The van der Waals surface area contributed by atoms with Crippen LogP contribution in [0.2, 0.25) is 0 Å². The van der Waals surface area contributed by atoms with E-state index in [1.807, 2.05) is 6.92 Å². The molecule has 1 saturated heterocycles. The van der Waals surface area contributed by atoms with E-state index in [0.717, 1.165) is 6.54 Å². The summed E-state index contributed by atoms with van der Waals surface area (Å²) in [6.07, 6.45) is 1.27. The fourth-order valence-electron chi connectivity index (χ4n) is 1.39. The summed E-state index contributed by atoms with van der Waals surface area (Å²) in [7, 11) is 2.16. The molecular weight excluding hydrogens is 136 g/mol. The molecule has 0 amide bonds. The van der Waals surface area contributed by atoms with E-state index in [-0.39, 0.29) is 0 Å². The molecule has 1 aliphatic rings. The van der Waals surface area contributed by atoms with Crippen LogP contribution < -0.4 is 5.32 Å². The van der Waals surface area contributed by atoms with Crippen LogP contribution in [0.5, 0.6) is 0 Å². The van der Waals surface area contributed by atoms with Crippen LogP contribution in [0, 0.1) is 11.8 Å². The number of hydrogen-bond donors (Lipinski definition) is 1. The van der Waals surface area contributed by atoms with E-state index in [2.05, 4.69) is 29.1 Å². The predicted molar refractivity (Wildman–Crippen MR) is 47.4 cm³/mol. The first-order valence-electron chi connectivity index (χ1n) is 4.14. The van der Waals surface area contributed by atoms with E-state index in [1.165, 1.54) is 19.5 Å². The molecule has 1 aliphatic heterocycles. The standard InChI is InChI=1S/C9H16N2/c1-3-4-6-10-9-5-7-11(2)8-9/h9-10H,5-8H2,1-2H3. The third-order valence-corrected chi connectivity index (χ3v) is 2.05. The van der Waals surface area contributed by atoms with Crippen molar-refractivity contribution in [3.05, 3.63) is 0 Å². The van der Waals surface area contributed by atoms with E-state index in [0.29, 0.717) is 6.04 Å². The highest BCUT2D eigenvalue weighted by Gasteiger charge is 2.17. The SMILES string of the molecule is CC#CCNC1CCN(C)C1. The third kappa shape index (κ3) is 2.92. The van der Waals surface area contributed by atoms with Crippen molar-refractivity contribution in [1.82, 2.24) is 10.2 Å². The zero-order chi connectivity index (χ0) is 8.10. The molecular formula is C9H16N2. The summed E-state index contributed by atoms with van der Waals surface area (Å²) in [5, 5.41) is 3.40. The number of likely N-dealkylation sites (N-methyl/N-ethyl adjacent to an activating group) is 1. The topological polar surface area (TPSA) is 15.3 Å². The molecule has 0 bridgehead atoms. The van der Waals surface area contributed by atoms with Crippen LogP contribution in [0.1, 0.15) is 13.3 Å². The van der Waals surface area contributed by atoms with Crippen molar-refractivity contribution < 1.29 is 0 Å². The highest BCUT2D eigenvalue weighted by molar-refractivity contribution is 4.98. The molecule has 1 unspecified atom stereocenters. The Morgan fingerprint density at radius 1 is 1.64 bits per heavy atom. The van der Waals surface area contributed by atoms with Gasteiger partial charge in [0.15, 0.2) is 0 Å². The Kier molecular flexibility index (Phi) is 3.41. The average molecular weight is 152 g/mol. The molecule has 0 aromatic carbocycles. The van der Waals surface area contributed by atoms with Gasteiger partial charge in [-0.2, -0.15) is 0 Å². The summed E-state index contributed by atoms with van der Waals surface area (Å²) in [5.74, 6) is 5.89. The number of likely N-dealkylation sites (tertiary alicyclic amines) is 1. The molecule has 0 radical (unpaired) electrons. The monoisotopic (exact) mass is 152 g/mol. The van der Waals surface area contributed by atoms with Crippen LogP contribution in [-0.4, -0.2) is 37.6 Å². The number of nitrogens with zero attached hydrogens (tertiary/aromatic N) is 1. The minimum atomic E-state index is 0.667. The molecule has 0 saturated carbocycles. The normalized spacial score (nSPS) is 24.7. The van der Waals surface area contributed by atoms with E-state index in [4.69, 9.17) is 0 Å². The highest BCUT2D eigenvalue weighted by Crippen LogP contribution is 2.04. The Labute approximate surface area is 69.0 Å². The lowest BCUT2D eigenvalue weighted by Crippen LogP contribution is -2.31. The van der Waals surface area contributed by atoms with E-state index >= 15 is 0 Å². The lowest BCUT2D eigenvalue weighted by molar-refractivity contribution is 0.401. The Morgan fingerprint density at radius 3 is 3.00 bits per heavy atom. The summed E-state index contributed by atoms with van der Waals surface area (Å²) in [4.78, 5) is 2.34. The van der Waals surface area contributed by atoms with Crippen LogP contribution in [0.25, 0.3) is 0 Å². The molecule has 0 spiro atoms. The molecule has 0 aromatic rings. The molecule has 1 heterocycles. The summed E-state index contributed by atoms with van der Waals surface area (Å²) in [6, 6.07) is 0.667. The Bertz CT molecular complexity index is 166. The van der Waals surface area contributed by atoms with Gasteiger partial charge in [0.05, 0.1) is 6.54 Å². The van der Waals surface area contributed by atoms with Crippen LogP contribution in [-0.2, 0) is 0 Å². The van der Waals surface area contributed by atoms with Gasteiger partial charge in [0, 0.05) is 12.6 Å². The maximum Gasteiger partial charge on any atom is 0.0578 e. The first-order chi connectivity index (χ1) is 5.33. The fourth-order valence-corrected chi connectivity index (χ4v) is 1.39. The van der Waals surface area contributed by atoms with E-state index in [1.54, 1.807) is 0 Å². The summed E-state index contributed by atoms with van der Waals surface area (Å²) >= 11 is 0. The molecule has 0 aliphatic carbocycles. The highest BCUT2D eigenvalue weighted by atomic mass is 15.2. The minimum Gasteiger partial charge on any atom is -0.305 e. The maximum absolute atomic E-state index is 3.40. The fraction of sp³-hybridized carbons (Fsp3) is 0.778. The van der Waals surface area contributed by atoms with Crippen LogP contribution in [0.4, 0.5) is 0 Å². The molecule has 1 N–H and O–H groups in total. The molecule has 62 valence electrons. The van der Waals surface area contributed by atoms with Crippen molar-refractivity contribution in [1.29, 1.82) is 0 Å². The molecule has 1 atom stereocenters. The Hall–Kier alpha value is -0.520. The first kappa shape index (κ1) is 8.58. The second kappa shape index (κ2) is 4.38. The van der Waals surface area contributed by atoms with Crippen molar-refractivity contribution in [3.63, 3.8) is 0 Å². The van der Waals surface area contributed by atoms with Crippen molar-refractivity contribution in [2.75, 3.05) is 26.7 Å². The van der Waals surface area contributed by atoms with Crippen LogP contribution in [0.15, 0.2) is 0 Å². The van der Waals surface area contributed by atoms with Gasteiger partial charge in [0.1, 0.15) is 0 Å². The smallest absolute Gasteiger partial charge is 0.0578 e. The van der Waals surface area contributed by atoms with Gasteiger partial charge in [0.2, 0.25) is 0 Å². The van der Waals surface area contributed by atoms with Crippen LogP contribution >= 0.6 is 0 Å². The van der Waals surface area contributed by atoms with Crippen molar-refractivity contribution in [2.24, 2.45) is 0 Å². The molecule has 1 fully saturated rings. The van der Waals surface area contributed by atoms with Gasteiger partial charge in [-0.25, -0.2) is 0 Å². The van der Waals surface area contributed by atoms with Gasteiger partial charge in [-0.1, -0.05) is 5.92 Å². The number of rotatable bonds is 2. The zero-order valence-electron chi connectivity index (χ0n) is 7.35. The second-order valence-electron chi connectivity index (χ2n) is 3.06. The molecule has 11 heavy (non-hydrogen) atoms. The Morgan fingerprint density at radius 2 is 2.45 bits per heavy atom. The number of hydrogen-bond acceptors (Lipinski definition) is 2. The third-order valence-electron chi connectivity index (χ3n) is 2.05. The van der Waals surface area contributed by atoms with Gasteiger partial charge >= 0.3 is 0 Å². The largest absolute Gasteiger partial charge is 0.305 e. The number of nitrogens with one attached hydrogen (secondary N) is 1. The van der Waals surface area contributed by atoms with Gasteiger partial charge < -0.3 is 10.2 Å². The molecule has 2 nitrogen and oxygen atoms in total. The molecule has 0 aromatic heterocycles. The summed E-state index contributed by atoms with van der Waals surface area (Å²) in [5.41, 5.74) is 0. The lowest BCUT2D eigenvalue weighted by Gasteiger charge is -2.09. The minimum absolute atomic E-state index is 0.667. The van der Waals surface area contributed by atoms with Crippen LogP contribution in [0.3, 0.4) is 0 Å². The van der Waals surface area contributed by atoms with Crippen molar-refractivity contribution in [2.45, 2.75) is 19.4 Å². The van der Waals surface area contributed by atoms with Gasteiger partial charge in [-0.05, 0) is 26.9 Å². The Balaban J connectivity index is 2.11. The average Bonchev–Trinajstić information content (AvgIpc) is 2.37. The maximum atomic E-state index is 3.40. The van der Waals surface area contributed by atoms with Crippen molar-refractivity contribution in [3.8, 4) is 11.8 Å². The second-order valence-corrected chi connectivity index (χ2v) is 3.06. The predicted octanol–water partition coefficient (Wildman–Crippen LogP) is 0.303. The summed E-state index contributed by atoms with van der Waals surface area (Å²) < 4.78 is 0. The van der Waals surface area contributed by atoms with Gasteiger partial charge in [0.25, 0.3) is 0 Å². The van der Waals surface area contributed by atoms with E-state index < -0.39 is 0 Å². The molecule has 2 heteroatoms. The van der Waals surface area contributed by atoms with E-state index in [9.17, 15) is 0 Å².